The number of unbranched alkanes of at least 4 members (excludes halogenated alkanes) is 1. The molecule has 2 aliphatic heterocycles. The predicted molar refractivity (Wildman–Crippen MR) is 75.1 cm³/mol. The smallest absolute Gasteiger partial charge is 0.320 e. The number of nitrogens with two attached hydrogens (primary N) is 1. The summed E-state index contributed by atoms with van der Waals surface area (Å²) in [6, 6.07) is 0.276. The van der Waals surface area contributed by atoms with Crippen molar-refractivity contribution < 1.29 is 9.90 Å². The third kappa shape index (κ3) is 3.91. The molecule has 2 unspecified atom stereocenters. The van der Waals surface area contributed by atoms with Crippen LogP contribution in [-0.2, 0) is 4.79 Å². The van der Waals surface area contributed by atoms with Gasteiger partial charge in [0.1, 0.15) is 6.04 Å². The Labute approximate surface area is 115 Å². The number of nitrogens with zero attached hydrogens (tertiary/aromatic N) is 2. The van der Waals surface area contributed by atoms with E-state index in [2.05, 4.69) is 9.80 Å². The maximum absolute atomic E-state index is 11.4. The van der Waals surface area contributed by atoms with Gasteiger partial charge in [0.2, 0.25) is 0 Å². The standard InChI is InChI=1S/C14H27N3O2/c15-7-2-1-5-13(14(18)19)17-10-6-12(11-17)16-8-3-4-9-16/h12-13H,1-11,15H2,(H,18,19). The molecule has 0 saturated carbocycles. The van der Waals surface area contributed by atoms with Crippen LogP contribution in [0.5, 0.6) is 0 Å². The van der Waals surface area contributed by atoms with Gasteiger partial charge in [-0.2, -0.15) is 0 Å². The molecule has 19 heavy (non-hydrogen) atoms. The SMILES string of the molecule is NCCCCC(C(=O)O)N1CCC(N2CCCC2)C1. The Morgan fingerprint density at radius 2 is 2.00 bits per heavy atom. The summed E-state index contributed by atoms with van der Waals surface area (Å²) in [6.45, 7) is 4.91. The maximum Gasteiger partial charge on any atom is 0.320 e. The summed E-state index contributed by atoms with van der Waals surface area (Å²) in [6.07, 6.45) is 6.30. The van der Waals surface area contributed by atoms with Gasteiger partial charge in [-0.05, 0) is 51.7 Å². The first-order valence-electron chi connectivity index (χ1n) is 7.63. The van der Waals surface area contributed by atoms with Crippen molar-refractivity contribution in [1.82, 2.24) is 9.80 Å². The van der Waals surface area contributed by atoms with Gasteiger partial charge in [0.25, 0.3) is 0 Å². The van der Waals surface area contributed by atoms with Gasteiger partial charge in [-0.1, -0.05) is 6.42 Å². The first-order valence-corrected chi connectivity index (χ1v) is 7.63. The molecule has 0 radical (unpaired) electrons. The van der Waals surface area contributed by atoms with Crippen LogP contribution in [0, 0.1) is 0 Å². The van der Waals surface area contributed by atoms with E-state index in [1.807, 2.05) is 0 Å². The Hall–Kier alpha value is -0.650. The zero-order chi connectivity index (χ0) is 13.7. The van der Waals surface area contributed by atoms with E-state index in [0.29, 0.717) is 12.6 Å². The molecule has 0 aromatic heterocycles. The number of aliphatic carboxylic acids is 1. The van der Waals surface area contributed by atoms with Crippen molar-refractivity contribution in [1.29, 1.82) is 0 Å². The Balaban J connectivity index is 1.83. The highest BCUT2D eigenvalue weighted by molar-refractivity contribution is 5.73. The van der Waals surface area contributed by atoms with Crippen LogP contribution < -0.4 is 5.73 Å². The van der Waals surface area contributed by atoms with E-state index in [1.54, 1.807) is 0 Å². The minimum Gasteiger partial charge on any atom is -0.480 e. The van der Waals surface area contributed by atoms with Gasteiger partial charge in [0.15, 0.2) is 0 Å². The second-order valence-electron chi connectivity index (χ2n) is 5.82. The summed E-state index contributed by atoms with van der Waals surface area (Å²) >= 11 is 0. The summed E-state index contributed by atoms with van der Waals surface area (Å²) < 4.78 is 0. The molecule has 2 saturated heterocycles. The highest BCUT2D eigenvalue weighted by Gasteiger charge is 2.35. The molecule has 3 N–H and O–H groups in total. The van der Waals surface area contributed by atoms with E-state index in [1.165, 1.54) is 25.9 Å². The summed E-state index contributed by atoms with van der Waals surface area (Å²) in [4.78, 5) is 16.1. The molecule has 0 aromatic carbocycles. The molecule has 0 aliphatic carbocycles. The number of carboxylic acid groups (broad SMARTS) is 1. The highest BCUT2D eigenvalue weighted by atomic mass is 16.4. The van der Waals surface area contributed by atoms with Crippen LogP contribution in [0.25, 0.3) is 0 Å². The first kappa shape index (κ1) is 14.8. The molecule has 110 valence electrons. The largest absolute Gasteiger partial charge is 0.480 e. The Morgan fingerprint density at radius 3 is 2.63 bits per heavy atom. The first-order chi connectivity index (χ1) is 9.22. The molecule has 0 aromatic rings. The second-order valence-corrected chi connectivity index (χ2v) is 5.82. The Bertz CT molecular complexity index is 292. The van der Waals surface area contributed by atoms with Crippen LogP contribution in [0.4, 0.5) is 0 Å². The Morgan fingerprint density at radius 1 is 1.26 bits per heavy atom. The van der Waals surface area contributed by atoms with Crippen molar-refractivity contribution in [2.24, 2.45) is 5.73 Å². The molecule has 0 bridgehead atoms. The van der Waals surface area contributed by atoms with Crippen LogP contribution in [0.3, 0.4) is 0 Å². The Kier molecular flexibility index (Phi) is 5.60. The second kappa shape index (κ2) is 7.22. The fourth-order valence-electron chi connectivity index (χ4n) is 3.40. The fraction of sp³-hybridized carbons (Fsp3) is 0.929. The average molecular weight is 269 g/mol. The van der Waals surface area contributed by atoms with Crippen LogP contribution in [-0.4, -0.2) is 65.7 Å². The van der Waals surface area contributed by atoms with Crippen molar-refractivity contribution in [3.63, 3.8) is 0 Å². The number of carbonyl (C=O) groups is 1. The van der Waals surface area contributed by atoms with E-state index >= 15 is 0 Å². The van der Waals surface area contributed by atoms with E-state index in [0.717, 1.165) is 38.8 Å². The number of hydrogen-bond acceptors (Lipinski definition) is 4. The summed E-state index contributed by atoms with van der Waals surface area (Å²) in [7, 11) is 0. The third-order valence-electron chi connectivity index (χ3n) is 4.51. The van der Waals surface area contributed by atoms with Gasteiger partial charge < -0.3 is 10.8 Å². The summed E-state index contributed by atoms with van der Waals surface area (Å²) in [5.74, 6) is -0.668. The zero-order valence-electron chi connectivity index (χ0n) is 11.8. The molecule has 2 rings (SSSR count). The number of rotatable bonds is 7. The third-order valence-corrected chi connectivity index (χ3v) is 4.51. The molecule has 2 atom stereocenters. The van der Waals surface area contributed by atoms with E-state index in [-0.39, 0.29) is 6.04 Å². The van der Waals surface area contributed by atoms with E-state index in [9.17, 15) is 9.90 Å². The average Bonchev–Trinajstić information content (AvgIpc) is 3.04. The molecule has 0 amide bonds. The lowest BCUT2D eigenvalue weighted by molar-refractivity contribution is -0.143. The number of likely N-dealkylation sites (tertiary alicyclic amines) is 2. The van der Waals surface area contributed by atoms with Crippen molar-refractivity contribution in [3.05, 3.63) is 0 Å². The fourth-order valence-corrected chi connectivity index (χ4v) is 3.40. The molecule has 2 heterocycles. The maximum atomic E-state index is 11.4. The van der Waals surface area contributed by atoms with Crippen LogP contribution in [0.2, 0.25) is 0 Å². The van der Waals surface area contributed by atoms with E-state index < -0.39 is 5.97 Å². The normalized spacial score (nSPS) is 26.9. The molecule has 5 heteroatoms. The highest BCUT2D eigenvalue weighted by Crippen LogP contribution is 2.23. The van der Waals surface area contributed by atoms with Gasteiger partial charge >= 0.3 is 5.97 Å². The molecule has 2 fully saturated rings. The van der Waals surface area contributed by atoms with Crippen LogP contribution in [0.15, 0.2) is 0 Å². The van der Waals surface area contributed by atoms with Crippen molar-refractivity contribution in [2.75, 3.05) is 32.7 Å². The van der Waals surface area contributed by atoms with Gasteiger partial charge in [-0.15, -0.1) is 0 Å². The molecule has 5 nitrogen and oxygen atoms in total. The number of carboxylic acids is 1. The molecular formula is C14H27N3O2. The van der Waals surface area contributed by atoms with E-state index in [4.69, 9.17) is 5.73 Å². The number of hydrogen-bond donors (Lipinski definition) is 2. The summed E-state index contributed by atoms with van der Waals surface area (Å²) in [5, 5.41) is 9.40. The van der Waals surface area contributed by atoms with Crippen molar-refractivity contribution >= 4 is 5.97 Å². The van der Waals surface area contributed by atoms with Crippen LogP contribution in [0.1, 0.15) is 38.5 Å². The summed E-state index contributed by atoms with van der Waals surface area (Å²) in [5.41, 5.74) is 5.48. The monoisotopic (exact) mass is 269 g/mol. The molecular weight excluding hydrogens is 242 g/mol. The molecule has 0 spiro atoms. The molecule has 2 aliphatic rings. The van der Waals surface area contributed by atoms with Gasteiger partial charge in [-0.25, -0.2) is 0 Å². The van der Waals surface area contributed by atoms with Crippen molar-refractivity contribution in [2.45, 2.75) is 50.6 Å². The van der Waals surface area contributed by atoms with Gasteiger partial charge in [0.05, 0.1) is 0 Å². The minimum absolute atomic E-state index is 0.306. The lowest BCUT2D eigenvalue weighted by Gasteiger charge is -2.27. The minimum atomic E-state index is -0.668. The lowest BCUT2D eigenvalue weighted by Crippen LogP contribution is -2.42. The zero-order valence-corrected chi connectivity index (χ0v) is 11.8. The quantitative estimate of drug-likeness (QED) is 0.667. The lowest BCUT2D eigenvalue weighted by atomic mass is 10.1. The predicted octanol–water partition coefficient (Wildman–Crippen LogP) is 0.739. The van der Waals surface area contributed by atoms with Gasteiger partial charge in [0, 0.05) is 19.1 Å². The topological polar surface area (TPSA) is 69.8 Å². The van der Waals surface area contributed by atoms with Crippen molar-refractivity contribution in [3.8, 4) is 0 Å². The van der Waals surface area contributed by atoms with Crippen LogP contribution >= 0.6 is 0 Å². The van der Waals surface area contributed by atoms with Gasteiger partial charge in [-0.3, -0.25) is 14.6 Å².